The van der Waals surface area contributed by atoms with Crippen LogP contribution in [0.5, 0.6) is 0 Å². The van der Waals surface area contributed by atoms with Crippen molar-refractivity contribution in [1.82, 2.24) is 19.6 Å². The highest BCUT2D eigenvalue weighted by Gasteiger charge is 2.40. The molecule has 12 nitrogen and oxygen atoms in total. The van der Waals surface area contributed by atoms with E-state index in [1.165, 1.54) is 15.9 Å². The summed E-state index contributed by atoms with van der Waals surface area (Å²) in [5.41, 5.74) is 5.70. The smallest absolute Gasteiger partial charge is 0.418 e. The number of rotatable bonds is 7. The highest BCUT2D eigenvalue weighted by Crippen LogP contribution is 2.38. The fraction of sp³-hybridized carbons (Fsp3) is 0.556. The summed E-state index contributed by atoms with van der Waals surface area (Å²) < 4.78 is 47.3. The Morgan fingerprint density at radius 1 is 0.942 bits per heavy atom. The van der Waals surface area contributed by atoms with E-state index in [1.54, 1.807) is 4.90 Å². The number of alkyl halides is 3. The summed E-state index contributed by atoms with van der Waals surface area (Å²) in [7, 11) is 0. The van der Waals surface area contributed by atoms with E-state index < -0.39 is 47.5 Å². The zero-order chi connectivity index (χ0) is 37.2. The molecule has 2 atom stereocenters. The quantitative estimate of drug-likeness (QED) is 0.316. The number of piperidine rings is 3. The Hall–Kier alpha value is -4.24. The van der Waals surface area contributed by atoms with Crippen molar-refractivity contribution in [2.75, 3.05) is 50.3 Å². The topological polar surface area (TPSA) is 149 Å². The van der Waals surface area contributed by atoms with Crippen LogP contribution in [0.15, 0.2) is 36.4 Å². The van der Waals surface area contributed by atoms with E-state index in [2.05, 4.69) is 5.32 Å². The number of carbonyl (C=O) groups excluding carboxylic acids is 3. The molecule has 4 N–H and O–H groups in total. The lowest BCUT2D eigenvalue weighted by Gasteiger charge is -2.43. The third kappa shape index (κ3) is 8.35. The van der Waals surface area contributed by atoms with E-state index in [0.29, 0.717) is 51.6 Å². The van der Waals surface area contributed by atoms with Crippen molar-refractivity contribution in [2.24, 2.45) is 0 Å². The summed E-state index contributed by atoms with van der Waals surface area (Å²) in [5, 5.41) is 12.4. The number of ether oxygens (including phenoxy) is 1. The first kappa shape index (κ1) is 37.5. The molecule has 3 fully saturated rings. The molecule has 3 saturated heterocycles. The van der Waals surface area contributed by atoms with Crippen LogP contribution in [0.3, 0.4) is 0 Å². The SMILES string of the molecule is Nc1c(Cl)cc(C[C@@H](OC(=O)N2CCC(N3CCc4ccccc4NC3=O)CC2)C(=O)N2CCC(N3CCCC[C@H]3C(=O)O)CC2)cc1C(F)(F)F. The van der Waals surface area contributed by atoms with Crippen LogP contribution in [0, 0.1) is 0 Å². The van der Waals surface area contributed by atoms with Gasteiger partial charge in [-0.3, -0.25) is 14.5 Å². The maximum atomic E-state index is 14.0. The lowest BCUT2D eigenvalue weighted by atomic mass is 9.94. The molecule has 4 amide bonds. The molecule has 0 spiro atoms. The predicted octanol–water partition coefficient (Wildman–Crippen LogP) is 5.47. The molecule has 0 aromatic heterocycles. The van der Waals surface area contributed by atoms with Gasteiger partial charge in [0.1, 0.15) is 6.04 Å². The number of nitrogens with zero attached hydrogens (tertiary/aromatic N) is 4. The number of urea groups is 1. The Kier molecular flexibility index (Phi) is 11.4. The molecular formula is C36H44ClF3N6O6. The van der Waals surface area contributed by atoms with Gasteiger partial charge in [0.15, 0.2) is 6.10 Å². The van der Waals surface area contributed by atoms with Gasteiger partial charge in [-0.1, -0.05) is 36.2 Å². The van der Waals surface area contributed by atoms with Gasteiger partial charge in [-0.15, -0.1) is 0 Å². The van der Waals surface area contributed by atoms with Gasteiger partial charge in [-0.25, -0.2) is 9.59 Å². The van der Waals surface area contributed by atoms with E-state index in [-0.39, 0.29) is 61.3 Å². The number of nitrogens with two attached hydrogens (primary N) is 1. The number of amides is 4. The number of likely N-dealkylation sites (tertiary alicyclic amines) is 3. The number of halogens is 4. The van der Waals surface area contributed by atoms with Gasteiger partial charge in [0, 0.05) is 56.9 Å². The van der Waals surface area contributed by atoms with Crippen molar-refractivity contribution < 1.29 is 42.2 Å². The fourth-order valence-electron chi connectivity index (χ4n) is 7.99. The second kappa shape index (κ2) is 15.8. The Bertz CT molecular complexity index is 1660. The van der Waals surface area contributed by atoms with Gasteiger partial charge in [-0.2, -0.15) is 13.2 Å². The first-order chi connectivity index (χ1) is 24.8. The number of carboxylic acid groups (broad SMARTS) is 1. The van der Waals surface area contributed by atoms with Gasteiger partial charge in [-0.05, 0) is 80.8 Å². The Balaban J connectivity index is 1.13. The van der Waals surface area contributed by atoms with Crippen LogP contribution in [-0.4, -0.2) is 112 Å². The van der Waals surface area contributed by atoms with Gasteiger partial charge < -0.3 is 35.6 Å². The molecule has 0 aliphatic carbocycles. The number of carbonyl (C=O) groups is 4. The van der Waals surface area contributed by atoms with Crippen LogP contribution in [0.2, 0.25) is 5.02 Å². The summed E-state index contributed by atoms with van der Waals surface area (Å²) in [6.45, 7) is 2.21. The van der Waals surface area contributed by atoms with E-state index >= 15 is 0 Å². The summed E-state index contributed by atoms with van der Waals surface area (Å²) in [5.74, 6) is -1.42. The normalized spacial score (nSPS) is 21.6. The molecule has 0 saturated carbocycles. The van der Waals surface area contributed by atoms with Crippen LogP contribution in [0.25, 0.3) is 0 Å². The number of fused-ring (bicyclic) bond motifs is 1. The molecule has 0 radical (unpaired) electrons. The van der Waals surface area contributed by atoms with Crippen LogP contribution in [0.4, 0.5) is 34.1 Å². The second-order valence-corrected chi connectivity index (χ2v) is 14.4. The molecule has 52 heavy (non-hydrogen) atoms. The van der Waals surface area contributed by atoms with E-state index in [1.807, 2.05) is 29.2 Å². The standard InChI is InChI=1S/C36H44ClF3N6O6/c37-27-20-22(19-26(31(27)41)36(38,39)40)21-30(32(47)43-14-9-24(10-15-43)45-13-4-3-7-29(45)33(48)49)52-35(51)44-16-11-25(12-17-44)46-18-8-23-5-1-2-6-28(23)42-34(46)50/h1-2,5-6,19-20,24-25,29-30H,3-4,7-18,21,41H2,(H,42,50)(H,48,49)/t29-,30+/m0/s1. The minimum atomic E-state index is -4.80. The Labute approximate surface area is 305 Å². The summed E-state index contributed by atoms with van der Waals surface area (Å²) >= 11 is 6.10. The third-order valence-corrected chi connectivity index (χ3v) is 11.1. The van der Waals surface area contributed by atoms with Crippen LogP contribution < -0.4 is 11.1 Å². The second-order valence-electron chi connectivity index (χ2n) is 14.0. The number of benzene rings is 2. The predicted molar refractivity (Wildman–Crippen MR) is 187 cm³/mol. The molecule has 2 aromatic carbocycles. The third-order valence-electron chi connectivity index (χ3n) is 10.8. The molecule has 4 aliphatic rings. The van der Waals surface area contributed by atoms with Gasteiger partial charge in [0.2, 0.25) is 0 Å². The summed E-state index contributed by atoms with van der Waals surface area (Å²) in [6.07, 6.45) is -2.49. The number of hydrogen-bond donors (Lipinski definition) is 3. The van der Waals surface area contributed by atoms with Crippen molar-refractivity contribution in [2.45, 2.75) is 88.2 Å². The minimum Gasteiger partial charge on any atom is -0.480 e. The largest absolute Gasteiger partial charge is 0.480 e. The first-order valence-corrected chi connectivity index (χ1v) is 18.2. The number of nitrogens with one attached hydrogen (secondary N) is 1. The van der Waals surface area contributed by atoms with Crippen molar-refractivity contribution in [3.63, 3.8) is 0 Å². The van der Waals surface area contributed by atoms with Crippen LogP contribution in [-0.2, 0) is 33.3 Å². The van der Waals surface area contributed by atoms with Crippen molar-refractivity contribution in [1.29, 1.82) is 0 Å². The number of nitrogen functional groups attached to an aromatic ring is 1. The highest BCUT2D eigenvalue weighted by molar-refractivity contribution is 6.33. The monoisotopic (exact) mass is 748 g/mol. The van der Waals surface area contributed by atoms with Crippen molar-refractivity contribution in [3.05, 3.63) is 58.1 Å². The number of anilines is 2. The number of aliphatic carboxylic acids is 1. The van der Waals surface area contributed by atoms with E-state index in [9.17, 15) is 37.5 Å². The maximum absolute atomic E-state index is 14.0. The molecule has 282 valence electrons. The molecule has 4 aliphatic heterocycles. The summed E-state index contributed by atoms with van der Waals surface area (Å²) in [4.78, 5) is 59.4. The molecule has 6 rings (SSSR count). The van der Waals surface area contributed by atoms with E-state index in [0.717, 1.165) is 30.2 Å². The minimum absolute atomic E-state index is 0.0251. The molecule has 0 unspecified atom stereocenters. The van der Waals surface area contributed by atoms with Crippen LogP contribution in [0.1, 0.15) is 61.6 Å². The molecular weight excluding hydrogens is 705 g/mol. The lowest BCUT2D eigenvalue weighted by molar-refractivity contribution is -0.148. The lowest BCUT2D eigenvalue weighted by Crippen LogP contribution is -2.55. The molecule has 16 heteroatoms. The van der Waals surface area contributed by atoms with Gasteiger partial charge >= 0.3 is 24.3 Å². The number of hydrogen-bond acceptors (Lipinski definition) is 7. The van der Waals surface area contributed by atoms with Crippen molar-refractivity contribution >= 4 is 47.0 Å². The maximum Gasteiger partial charge on any atom is 0.418 e. The number of para-hydroxylation sites is 1. The van der Waals surface area contributed by atoms with Crippen molar-refractivity contribution in [3.8, 4) is 0 Å². The average molecular weight is 749 g/mol. The number of carboxylic acids is 1. The molecule has 2 aromatic rings. The van der Waals surface area contributed by atoms with Crippen LogP contribution >= 0.6 is 11.6 Å². The van der Waals surface area contributed by atoms with Gasteiger partial charge in [0.05, 0.1) is 16.3 Å². The summed E-state index contributed by atoms with van der Waals surface area (Å²) in [6, 6.07) is 8.72. The van der Waals surface area contributed by atoms with Gasteiger partial charge in [0.25, 0.3) is 5.91 Å². The fourth-order valence-corrected chi connectivity index (χ4v) is 8.23. The Morgan fingerprint density at radius 2 is 1.62 bits per heavy atom. The zero-order valence-corrected chi connectivity index (χ0v) is 29.5. The highest BCUT2D eigenvalue weighted by atomic mass is 35.5. The zero-order valence-electron chi connectivity index (χ0n) is 28.7. The first-order valence-electron chi connectivity index (χ1n) is 17.8. The van der Waals surface area contributed by atoms with E-state index in [4.69, 9.17) is 22.1 Å². The molecule has 0 bridgehead atoms. The average Bonchev–Trinajstić information content (AvgIpc) is 3.30. The molecule has 4 heterocycles. The Morgan fingerprint density at radius 3 is 2.31 bits per heavy atom.